The van der Waals surface area contributed by atoms with Gasteiger partial charge in [0.1, 0.15) is 0 Å². The van der Waals surface area contributed by atoms with Gasteiger partial charge in [0.15, 0.2) is 29.0 Å². The summed E-state index contributed by atoms with van der Waals surface area (Å²) in [5.74, 6) is -11.6. The van der Waals surface area contributed by atoms with Crippen LogP contribution in [0.25, 0.3) is 11.1 Å². The smallest absolute Gasteiger partial charge is 0.396 e. The van der Waals surface area contributed by atoms with Gasteiger partial charge in [-0.1, -0.05) is 0 Å². The first-order valence-corrected chi connectivity index (χ1v) is 5.40. The van der Waals surface area contributed by atoms with Crippen LogP contribution in [0.4, 0.5) is 40.8 Å². The molecule has 0 saturated heterocycles. The Morgan fingerprint density at radius 2 is 1.27 bits per heavy atom. The van der Waals surface area contributed by atoms with Crippen LogP contribution in [0.1, 0.15) is 5.69 Å². The molecule has 2 N–H and O–H groups in total. The summed E-state index contributed by atoms with van der Waals surface area (Å²) in [5, 5.41) is 0. The maximum atomic E-state index is 13.6. The third-order valence-corrected chi connectivity index (χ3v) is 2.74. The summed E-state index contributed by atoms with van der Waals surface area (Å²) < 4.78 is 104. The van der Waals surface area contributed by atoms with E-state index in [0.29, 0.717) is 12.3 Å². The Balaban J connectivity index is 2.85. The van der Waals surface area contributed by atoms with E-state index in [1.165, 1.54) is 0 Å². The monoisotopic (exact) mass is 328 g/mol. The molecule has 0 saturated carbocycles. The minimum atomic E-state index is -5.07. The molecule has 0 unspecified atom stereocenters. The molecule has 0 aliphatic carbocycles. The number of nitrogen functional groups attached to an aromatic ring is 1. The highest BCUT2D eigenvalue weighted by atomic mass is 19.4. The lowest BCUT2D eigenvalue weighted by Gasteiger charge is -2.14. The molecule has 118 valence electrons. The highest BCUT2D eigenvalue weighted by Gasteiger charge is 2.37. The van der Waals surface area contributed by atoms with E-state index >= 15 is 0 Å². The predicted octanol–water partition coefficient (Wildman–Crippen LogP) is 4.05. The van der Waals surface area contributed by atoms with Gasteiger partial charge in [-0.2, -0.15) is 13.2 Å². The number of hydrogen-bond donors (Lipinski definition) is 1. The Hall–Kier alpha value is -2.39. The first-order valence-electron chi connectivity index (χ1n) is 5.40. The summed E-state index contributed by atoms with van der Waals surface area (Å²) in [6, 6.07) is 0.614. The third-order valence-electron chi connectivity index (χ3n) is 2.74. The molecule has 0 aliphatic rings. The van der Waals surface area contributed by atoms with Crippen LogP contribution in [0, 0.1) is 29.1 Å². The minimum absolute atomic E-state index is 0.493. The minimum Gasteiger partial charge on any atom is -0.396 e. The molecule has 1 aromatic carbocycles. The molecule has 2 rings (SSSR count). The molecule has 10 heteroatoms. The first-order chi connectivity index (χ1) is 10.1. The van der Waals surface area contributed by atoms with E-state index < -0.39 is 57.8 Å². The number of hydrogen-bond acceptors (Lipinski definition) is 2. The van der Waals surface area contributed by atoms with Crippen molar-refractivity contribution in [3.63, 3.8) is 0 Å². The molecule has 0 atom stereocenters. The van der Waals surface area contributed by atoms with Crippen LogP contribution in [0.5, 0.6) is 0 Å². The van der Waals surface area contributed by atoms with Gasteiger partial charge < -0.3 is 5.73 Å². The van der Waals surface area contributed by atoms with E-state index in [0.717, 1.165) is 0 Å². The molecule has 1 heterocycles. The van der Waals surface area contributed by atoms with Crippen LogP contribution in [-0.4, -0.2) is 4.98 Å². The van der Waals surface area contributed by atoms with Crippen LogP contribution < -0.4 is 5.73 Å². The van der Waals surface area contributed by atoms with Crippen LogP contribution in [-0.2, 0) is 6.18 Å². The maximum Gasteiger partial charge on any atom is 0.435 e. The second kappa shape index (κ2) is 5.11. The van der Waals surface area contributed by atoms with E-state index in [2.05, 4.69) is 4.98 Å². The summed E-state index contributed by atoms with van der Waals surface area (Å²) >= 11 is 0. The Labute approximate surface area is 117 Å². The Morgan fingerprint density at radius 3 is 1.73 bits per heavy atom. The fourth-order valence-corrected chi connectivity index (χ4v) is 1.76. The van der Waals surface area contributed by atoms with Crippen molar-refractivity contribution in [2.75, 3.05) is 5.73 Å². The normalized spacial score (nSPS) is 11.8. The van der Waals surface area contributed by atoms with Crippen molar-refractivity contribution < 1.29 is 35.1 Å². The van der Waals surface area contributed by atoms with Gasteiger partial charge in [-0.15, -0.1) is 0 Å². The quantitative estimate of drug-likeness (QED) is 0.487. The number of halogens is 8. The molecule has 0 radical (unpaired) electrons. The maximum absolute atomic E-state index is 13.6. The van der Waals surface area contributed by atoms with Crippen molar-refractivity contribution in [2.24, 2.45) is 0 Å². The van der Waals surface area contributed by atoms with E-state index in [9.17, 15) is 35.1 Å². The number of rotatable bonds is 1. The predicted molar refractivity (Wildman–Crippen MR) is 58.9 cm³/mol. The zero-order valence-electron chi connectivity index (χ0n) is 10.2. The fourth-order valence-electron chi connectivity index (χ4n) is 1.76. The SMILES string of the molecule is Nc1c(-c2c(F)c(F)c(F)c(F)c2F)ccnc1C(F)(F)F. The van der Waals surface area contributed by atoms with Crippen LogP contribution in [0.2, 0.25) is 0 Å². The second-order valence-electron chi connectivity index (χ2n) is 4.06. The summed E-state index contributed by atoms with van der Waals surface area (Å²) in [6.07, 6.45) is -4.57. The van der Waals surface area contributed by atoms with Crippen molar-refractivity contribution in [3.05, 3.63) is 47.0 Å². The Kier molecular flexibility index (Phi) is 3.71. The standard InChI is InChI=1S/C12H4F8N2/c13-5-4(6(14)8(16)9(17)7(5)15)3-1-2-22-11(10(3)21)12(18,19)20/h1-2H,21H2. The van der Waals surface area contributed by atoms with Gasteiger partial charge in [-0.05, 0) is 6.07 Å². The van der Waals surface area contributed by atoms with Gasteiger partial charge in [0.25, 0.3) is 0 Å². The zero-order chi connectivity index (χ0) is 16.8. The van der Waals surface area contributed by atoms with Gasteiger partial charge in [0.2, 0.25) is 5.82 Å². The number of aromatic nitrogens is 1. The molecule has 0 aliphatic heterocycles. The van der Waals surface area contributed by atoms with Crippen molar-refractivity contribution in [1.29, 1.82) is 0 Å². The number of alkyl halides is 3. The highest BCUT2D eigenvalue weighted by Crippen LogP contribution is 2.39. The van der Waals surface area contributed by atoms with Gasteiger partial charge in [-0.25, -0.2) is 26.9 Å². The lowest BCUT2D eigenvalue weighted by molar-refractivity contribution is -0.140. The van der Waals surface area contributed by atoms with Crippen molar-refractivity contribution in [1.82, 2.24) is 4.98 Å². The lowest BCUT2D eigenvalue weighted by atomic mass is 10.0. The van der Waals surface area contributed by atoms with Crippen molar-refractivity contribution in [3.8, 4) is 11.1 Å². The lowest BCUT2D eigenvalue weighted by Crippen LogP contribution is -2.13. The summed E-state index contributed by atoms with van der Waals surface area (Å²) in [5.41, 5.74) is -0.387. The summed E-state index contributed by atoms with van der Waals surface area (Å²) in [7, 11) is 0. The van der Waals surface area contributed by atoms with Crippen LogP contribution in [0.3, 0.4) is 0 Å². The van der Waals surface area contributed by atoms with E-state index in [-0.39, 0.29) is 0 Å². The third kappa shape index (κ3) is 2.34. The zero-order valence-corrected chi connectivity index (χ0v) is 10.2. The average molecular weight is 328 g/mol. The molecule has 0 fully saturated rings. The van der Waals surface area contributed by atoms with Crippen molar-refractivity contribution >= 4 is 5.69 Å². The van der Waals surface area contributed by atoms with Gasteiger partial charge in [0, 0.05) is 11.8 Å². The van der Waals surface area contributed by atoms with Crippen molar-refractivity contribution in [2.45, 2.75) is 6.18 Å². The molecule has 1 aromatic heterocycles. The number of pyridine rings is 1. The first kappa shape index (κ1) is 16.0. The highest BCUT2D eigenvalue weighted by molar-refractivity contribution is 5.78. The number of anilines is 1. The Bertz CT molecular complexity index is 725. The van der Waals surface area contributed by atoms with E-state index in [1.807, 2.05) is 0 Å². The molecule has 0 amide bonds. The largest absolute Gasteiger partial charge is 0.435 e. The topological polar surface area (TPSA) is 38.9 Å². The van der Waals surface area contributed by atoms with Gasteiger partial charge in [-0.3, -0.25) is 0 Å². The van der Waals surface area contributed by atoms with E-state index in [4.69, 9.17) is 5.73 Å². The molecule has 22 heavy (non-hydrogen) atoms. The number of nitrogens with zero attached hydrogens (tertiary/aromatic N) is 1. The fraction of sp³-hybridized carbons (Fsp3) is 0.0833. The van der Waals surface area contributed by atoms with Crippen LogP contribution >= 0.6 is 0 Å². The average Bonchev–Trinajstić information content (AvgIpc) is 2.43. The van der Waals surface area contributed by atoms with Gasteiger partial charge >= 0.3 is 6.18 Å². The van der Waals surface area contributed by atoms with Crippen LogP contribution in [0.15, 0.2) is 12.3 Å². The molecule has 0 spiro atoms. The number of nitrogens with two attached hydrogens (primary N) is 1. The van der Waals surface area contributed by atoms with Gasteiger partial charge in [0.05, 0.1) is 11.3 Å². The molecular formula is C12H4F8N2. The number of benzene rings is 1. The molecule has 0 bridgehead atoms. The molecule has 2 nitrogen and oxygen atoms in total. The Morgan fingerprint density at radius 1 is 0.818 bits per heavy atom. The summed E-state index contributed by atoms with van der Waals surface area (Å²) in [6.45, 7) is 0. The molecular weight excluding hydrogens is 324 g/mol. The van der Waals surface area contributed by atoms with E-state index in [1.54, 1.807) is 0 Å². The second-order valence-corrected chi connectivity index (χ2v) is 4.06. The summed E-state index contributed by atoms with van der Waals surface area (Å²) in [4.78, 5) is 2.90. The molecule has 2 aromatic rings.